The minimum absolute atomic E-state index is 0.109. The van der Waals surface area contributed by atoms with Gasteiger partial charge in [0.05, 0.1) is 5.71 Å². The van der Waals surface area contributed by atoms with Crippen molar-refractivity contribution in [3.8, 4) is 11.1 Å². The lowest BCUT2D eigenvalue weighted by Crippen LogP contribution is -2.22. The van der Waals surface area contributed by atoms with Crippen LogP contribution in [0.3, 0.4) is 0 Å². The van der Waals surface area contributed by atoms with Gasteiger partial charge in [0.2, 0.25) is 5.96 Å². The molecule has 0 heterocycles. The van der Waals surface area contributed by atoms with Gasteiger partial charge >= 0.3 is 0 Å². The fourth-order valence-electron chi connectivity index (χ4n) is 2.66. The van der Waals surface area contributed by atoms with Crippen LogP contribution in [0.2, 0.25) is 0 Å². The average Bonchev–Trinajstić information content (AvgIpc) is 2.73. The summed E-state index contributed by atoms with van der Waals surface area (Å²) in [5.74, 6) is -0.293. The molecule has 0 saturated carbocycles. The third-order valence-electron chi connectivity index (χ3n) is 4.11. The van der Waals surface area contributed by atoms with Crippen molar-refractivity contribution in [3.05, 3.63) is 90.0 Å². The van der Waals surface area contributed by atoms with Crippen LogP contribution >= 0.6 is 0 Å². The van der Waals surface area contributed by atoms with E-state index in [4.69, 9.17) is 11.5 Å². The summed E-state index contributed by atoms with van der Waals surface area (Å²) < 4.78 is 0. The number of carbonyl (C=O) groups excluding carboxylic acids is 1. The Hall–Kier alpha value is -3.93. The minimum atomic E-state index is -0.185. The second kappa shape index (κ2) is 8.64. The number of rotatable bonds is 5. The highest BCUT2D eigenvalue weighted by Gasteiger charge is 2.08. The largest absolute Gasteiger partial charge is 0.369 e. The number of nitrogens with zero attached hydrogens (tertiary/aromatic N) is 2. The third kappa shape index (κ3) is 4.82. The molecule has 0 atom stereocenters. The van der Waals surface area contributed by atoms with Crippen LogP contribution in [-0.4, -0.2) is 17.6 Å². The van der Waals surface area contributed by atoms with E-state index >= 15 is 0 Å². The molecule has 0 aliphatic heterocycles. The van der Waals surface area contributed by atoms with E-state index < -0.39 is 0 Å². The van der Waals surface area contributed by atoms with Gasteiger partial charge in [-0.3, -0.25) is 4.79 Å². The van der Waals surface area contributed by atoms with E-state index in [9.17, 15) is 4.79 Å². The summed E-state index contributed by atoms with van der Waals surface area (Å²) >= 11 is 0. The zero-order chi connectivity index (χ0) is 19.9. The molecule has 6 heteroatoms. The lowest BCUT2D eigenvalue weighted by Gasteiger charge is -2.08. The van der Waals surface area contributed by atoms with Crippen molar-refractivity contribution in [2.45, 2.75) is 6.92 Å². The van der Waals surface area contributed by atoms with Gasteiger partial charge in [-0.15, -0.1) is 5.10 Å². The van der Waals surface area contributed by atoms with Crippen molar-refractivity contribution in [1.82, 2.24) is 0 Å². The smallest absolute Gasteiger partial charge is 0.255 e. The molecular formula is C22H21N5O. The molecule has 0 bridgehead atoms. The number of carbonyl (C=O) groups is 1. The van der Waals surface area contributed by atoms with E-state index in [0.717, 1.165) is 16.7 Å². The quantitative estimate of drug-likeness (QED) is 0.362. The molecule has 0 aliphatic carbocycles. The number of hydrogen-bond acceptors (Lipinski definition) is 3. The summed E-state index contributed by atoms with van der Waals surface area (Å²) in [5.41, 5.74) is 15.4. The summed E-state index contributed by atoms with van der Waals surface area (Å²) in [6, 6.07) is 24.8. The first-order chi connectivity index (χ1) is 13.5. The SMILES string of the molecule is CC(=NN=C(N)N)c1cccc(NC(=O)c2ccc(-c3ccccc3)cc2)c1. The molecule has 3 aromatic rings. The van der Waals surface area contributed by atoms with Crippen LogP contribution in [0.25, 0.3) is 11.1 Å². The van der Waals surface area contributed by atoms with Crippen LogP contribution in [-0.2, 0) is 0 Å². The predicted molar refractivity (Wildman–Crippen MR) is 114 cm³/mol. The number of nitrogens with two attached hydrogens (primary N) is 2. The third-order valence-corrected chi connectivity index (χ3v) is 4.11. The average molecular weight is 371 g/mol. The first-order valence-corrected chi connectivity index (χ1v) is 8.73. The fraction of sp³-hybridized carbons (Fsp3) is 0.0455. The van der Waals surface area contributed by atoms with Crippen LogP contribution in [0.15, 0.2) is 89.1 Å². The Morgan fingerprint density at radius 3 is 2.14 bits per heavy atom. The number of guanidine groups is 1. The number of amides is 1. The van der Waals surface area contributed by atoms with Crippen molar-refractivity contribution < 1.29 is 4.79 Å². The Morgan fingerprint density at radius 2 is 1.46 bits per heavy atom. The van der Waals surface area contributed by atoms with Crippen molar-refractivity contribution in [3.63, 3.8) is 0 Å². The van der Waals surface area contributed by atoms with E-state index in [1.165, 1.54) is 0 Å². The number of benzene rings is 3. The molecule has 3 rings (SSSR count). The second-order valence-corrected chi connectivity index (χ2v) is 6.19. The maximum absolute atomic E-state index is 12.6. The standard InChI is InChI=1S/C22H21N5O/c1-15(26-27-22(23)24)19-8-5-9-20(14-19)25-21(28)18-12-10-17(11-13-18)16-6-3-2-4-7-16/h2-14H,1H3,(H,25,28)(H4,23,24,27). The first kappa shape index (κ1) is 18.8. The van der Waals surface area contributed by atoms with Gasteiger partial charge in [0.25, 0.3) is 5.91 Å². The Bertz CT molecular complexity index is 1020. The second-order valence-electron chi connectivity index (χ2n) is 6.19. The Labute approximate surface area is 163 Å². The number of hydrogen-bond donors (Lipinski definition) is 3. The van der Waals surface area contributed by atoms with Gasteiger partial charge in [-0.2, -0.15) is 5.10 Å². The van der Waals surface area contributed by atoms with Gasteiger partial charge < -0.3 is 16.8 Å². The molecule has 0 aliphatic rings. The summed E-state index contributed by atoms with van der Waals surface area (Å²) in [4.78, 5) is 12.6. The molecule has 0 spiro atoms. The Kier molecular flexibility index (Phi) is 5.81. The molecule has 140 valence electrons. The zero-order valence-corrected chi connectivity index (χ0v) is 15.5. The van der Waals surface area contributed by atoms with Crippen LogP contribution in [0.4, 0.5) is 5.69 Å². The molecule has 5 N–H and O–H groups in total. The van der Waals surface area contributed by atoms with Gasteiger partial charge in [-0.05, 0) is 47.9 Å². The summed E-state index contributed by atoms with van der Waals surface area (Å²) in [6.45, 7) is 1.79. The molecule has 1 amide bonds. The van der Waals surface area contributed by atoms with Crippen LogP contribution in [0.1, 0.15) is 22.8 Å². The maximum Gasteiger partial charge on any atom is 0.255 e. The molecular weight excluding hydrogens is 350 g/mol. The zero-order valence-electron chi connectivity index (χ0n) is 15.5. The molecule has 0 fully saturated rings. The van der Waals surface area contributed by atoms with E-state index in [1.807, 2.05) is 78.9 Å². The maximum atomic E-state index is 12.6. The highest BCUT2D eigenvalue weighted by atomic mass is 16.1. The summed E-state index contributed by atoms with van der Waals surface area (Å²) in [7, 11) is 0. The van der Waals surface area contributed by atoms with E-state index in [2.05, 4.69) is 15.5 Å². The van der Waals surface area contributed by atoms with Crippen LogP contribution < -0.4 is 16.8 Å². The van der Waals surface area contributed by atoms with Gasteiger partial charge in [-0.1, -0.05) is 54.6 Å². The van der Waals surface area contributed by atoms with Crippen molar-refractivity contribution in [2.75, 3.05) is 5.32 Å². The molecule has 0 unspecified atom stereocenters. The molecule has 0 radical (unpaired) electrons. The van der Waals surface area contributed by atoms with Crippen molar-refractivity contribution >= 4 is 23.3 Å². The lowest BCUT2D eigenvalue weighted by molar-refractivity contribution is 0.102. The van der Waals surface area contributed by atoms with Crippen LogP contribution in [0, 0.1) is 0 Å². The monoisotopic (exact) mass is 371 g/mol. The Morgan fingerprint density at radius 1 is 0.786 bits per heavy atom. The fourth-order valence-corrected chi connectivity index (χ4v) is 2.66. The van der Waals surface area contributed by atoms with Gasteiger partial charge in [-0.25, -0.2) is 0 Å². The Balaban J connectivity index is 1.74. The topological polar surface area (TPSA) is 106 Å². The normalized spacial score (nSPS) is 11.0. The lowest BCUT2D eigenvalue weighted by atomic mass is 10.0. The first-order valence-electron chi connectivity index (χ1n) is 8.73. The predicted octanol–water partition coefficient (Wildman–Crippen LogP) is 3.60. The molecule has 0 aromatic heterocycles. The molecule has 28 heavy (non-hydrogen) atoms. The van der Waals surface area contributed by atoms with Gasteiger partial charge in [0, 0.05) is 11.3 Å². The van der Waals surface area contributed by atoms with Crippen molar-refractivity contribution in [2.24, 2.45) is 21.7 Å². The highest BCUT2D eigenvalue weighted by Crippen LogP contribution is 2.20. The van der Waals surface area contributed by atoms with Crippen molar-refractivity contribution in [1.29, 1.82) is 0 Å². The minimum Gasteiger partial charge on any atom is -0.369 e. The molecule has 0 saturated heterocycles. The van der Waals surface area contributed by atoms with E-state index in [0.29, 0.717) is 17.0 Å². The molecule has 3 aromatic carbocycles. The summed E-state index contributed by atoms with van der Waals surface area (Å²) in [5, 5.41) is 10.5. The van der Waals surface area contributed by atoms with E-state index in [1.54, 1.807) is 6.92 Å². The van der Waals surface area contributed by atoms with E-state index in [-0.39, 0.29) is 11.9 Å². The van der Waals surface area contributed by atoms with Gasteiger partial charge in [0.1, 0.15) is 0 Å². The highest BCUT2D eigenvalue weighted by molar-refractivity contribution is 6.06. The molecule has 6 nitrogen and oxygen atoms in total. The van der Waals surface area contributed by atoms with Crippen LogP contribution in [0.5, 0.6) is 0 Å². The number of anilines is 1. The van der Waals surface area contributed by atoms with Gasteiger partial charge in [0.15, 0.2) is 0 Å². The summed E-state index contributed by atoms with van der Waals surface area (Å²) in [6.07, 6.45) is 0. The number of nitrogens with one attached hydrogen (secondary N) is 1.